The van der Waals surface area contributed by atoms with Crippen molar-refractivity contribution in [1.82, 2.24) is 14.3 Å². The molecular weight excluding hydrogens is 476 g/mol. The summed E-state index contributed by atoms with van der Waals surface area (Å²) in [5.74, 6) is 0.779. The Morgan fingerprint density at radius 3 is 2.69 bits per heavy atom. The molecule has 1 atom stereocenters. The summed E-state index contributed by atoms with van der Waals surface area (Å²) in [6, 6.07) is 15.8. The van der Waals surface area contributed by atoms with Crippen LogP contribution in [0.2, 0.25) is 0 Å². The maximum atomic E-state index is 13.3. The second kappa shape index (κ2) is 9.83. The molecule has 36 heavy (non-hydrogen) atoms. The van der Waals surface area contributed by atoms with Crippen LogP contribution in [0, 0.1) is 0 Å². The number of pyridine rings is 2. The second-order valence-corrected chi connectivity index (χ2v) is 11.0. The van der Waals surface area contributed by atoms with Crippen molar-refractivity contribution in [1.29, 1.82) is 0 Å². The smallest absolute Gasteiger partial charge is 0.277 e. The van der Waals surface area contributed by atoms with Crippen LogP contribution in [-0.4, -0.2) is 55.2 Å². The van der Waals surface area contributed by atoms with Crippen molar-refractivity contribution in [2.45, 2.75) is 36.8 Å². The van der Waals surface area contributed by atoms with Crippen molar-refractivity contribution < 1.29 is 17.6 Å². The number of fused-ring (bicyclic) bond motifs is 1. The molecule has 5 rings (SSSR count). The van der Waals surface area contributed by atoms with Crippen molar-refractivity contribution in [2.75, 3.05) is 25.5 Å². The summed E-state index contributed by atoms with van der Waals surface area (Å²) in [4.78, 5) is 24.0. The molecular formula is C27H28N4O4S. The fraction of sp³-hybridized carbons (Fsp3) is 0.296. The first-order chi connectivity index (χ1) is 17.3. The van der Waals surface area contributed by atoms with Gasteiger partial charge in [0.2, 0.25) is 5.09 Å². The fourth-order valence-electron chi connectivity index (χ4n) is 4.57. The number of rotatable bonds is 8. The van der Waals surface area contributed by atoms with Crippen LogP contribution >= 0.6 is 0 Å². The van der Waals surface area contributed by atoms with Gasteiger partial charge in [-0.25, -0.2) is 13.4 Å². The quantitative estimate of drug-likeness (QED) is 0.353. The molecule has 0 spiro atoms. The first-order valence-electron chi connectivity index (χ1n) is 11.9. The van der Waals surface area contributed by atoms with Gasteiger partial charge < -0.3 is 9.32 Å². The highest BCUT2D eigenvalue weighted by atomic mass is 32.2. The standard InChI is InChI=1S/C27H28N4O4S/c1-30(2)26-12-10-21(18-29-26)22-16-19(13-14-28-22)9-11-24(32)23-7-5-15-31(23)36(33,34)27-17-20-6-3-4-8-25(20)35-27/h3-4,6,8,10,12-14,16-18,23H,5,7,9,11,15H2,1-2H3/t23-/m0/s1. The van der Waals surface area contributed by atoms with Crippen molar-refractivity contribution in [3.63, 3.8) is 0 Å². The molecule has 0 unspecified atom stereocenters. The van der Waals surface area contributed by atoms with E-state index in [1.807, 2.05) is 49.3 Å². The molecule has 0 amide bonds. The second-order valence-electron chi connectivity index (χ2n) is 9.19. The lowest BCUT2D eigenvalue weighted by atomic mass is 10.0. The predicted molar refractivity (Wildman–Crippen MR) is 138 cm³/mol. The maximum absolute atomic E-state index is 13.3. The molecule has 0 N–H and O–H groups in total. The number of furan rings is 1. The Hall–Kier alpha value is -3.56. The molecule has 4 heterocycles. The lowest BCUT2D eigenvalue weighted by Gasteiger charge is -2.21. The molecule has 1 aliphatic heterocycles. The normalized spacial score (nSPS) is 16.4. The Balaban J connectivity index is 1.28. The molecule has 8 nitrogen and oxygen atoms in total. The molecule has 0 bridgehead atoms. The van der Waals surface area contributed by atoms with Gasteiger partial charge in [-0.2, -0.15) is 4.31 Å². The number of aromatic nitrogens is 2. The first kappa shape index (κ1) is 24.1. The number of ketones is 1. The number of aryl methyl sites for hydroxylation is 1. The van der Waals surface area contributed by atoms with E-state index in [4.69, 9.17) is 4.42 Å². The summed E-state index contributed by atoms with van der Waals surface area (Å²) in [6.07, 6.45) is 5.43. The highest BCUT2D eigenvalue weighted by Gasteiger charge is 2.40. The Bertz CT molecular complexity index is 1460. The van der Waals surface area contributed by atoms with Gasteiger partial charge in [0.15, 0.2) is 5.78 Å². The maximum Gasteiger partial charge on any atom is 0.277 e. The van der Waals surface area contributed by atoms with Crippen LogP contribution < -0.4 is 4.90 Å². The SMILES string of the molecule is CN(C)c1ccc(-c2cc(CCC(=O)[C@@H]3CCCN3S(=O)(=O)c3cc4ccccc4o3)ccn2)cn1. The van der Waals surface area contributed by atoms with E-state index in [9.17, 15) is 13.2 Å². The highest BCUT2D eigenvalue weighted by Crippen LogP contribution is 2.31. The Kier molecular flexibility index (Phi) is 6.59. The van der Waals surface area contributed by atoms with E-state index < -0.39 is 16.1 Å². The molecule has 3 aromatic heterocycles. The van der Waals surface area contributed by atoms with E-state index in [0.717, 1.165) is 28.0 Å². The van der Waals surface area contributed by atoms with Gasteiger partial charge in [-0.05, 0) is 55.2 Å². The van der Waals surface area contributed by atoms with E-state index in [1.54, 1.807) is 30.6 Å². The number of hydrogen-bond donors (Lipinski definition) is 0. The highest BCUT2D eigenvalue weighted by molar-refractivity contribution is 7.89. The Morgan fingerprint density at radius 1 is 1.11 bits per heavy atom. The number of sulfonamides is 1. The number of carbonyl (C=O) groups is 1. The molecule has 1 fully saturated rings. The summed E-state index contributed by atoms with van der Waals surface area (Å²) in [6.45, 7) is 0.311. The topological polar surface area (TPSA) is 96.6 Å². The first-order valence-corrected chi connectivity index (χ1v) is 13.4. The molecule has 186 valence electrons. The van der Waals surface area contributed by atoms with E-state index in [1.165, 1.54) is 10.4 Å². The number of anilines is 1. The fourth-order valence-corrected chi connectivity index (χ4v) is 6.20. The monoisotopic (exact) mass is 504 g/mol. The van der Waals surface area contributed by atoms with Gasteiger partial charge in [-0.15, -0.1) is 0 Å². The largest absolute Gasteiger partial charge is 0.443 e. The van der Waals surface area contributed by atoms with Gasteiger partial charge in [0.1, 0.15) is 11.4 Å². The van der Waals surface area contributed by atoms with Crippen molar-refractivity contribution in [2.24, 2.45) is 0 Å². The molecule has 1 saturated heterocycles. The number of hydrogen-bond acceptors (Lipinski definition) is 7. The van der Waals surface area contributed by atoms with Gasteiger partial charge in [0.05, 0.1) is 11.7 Å². The van der Waals surface area contributed by atoms with Crippen LogP contribution in [-0.2, 0) is 21.2 Å². The van der Waals surface area contributed by atoms with Crippen molar-refractivity contribution >= 4 is 32.6 Å². The third-order valence-corrected chi connectivity index (χ3v) is 8.29. The van der Waals surface area contributed by atoms with Crippen LogP contribution in [0.25, 0.3) is 22.2 Å². The molecule has 1 aromatic carbocycles. The zero-order valence-electron chi connectivity index (χ0n) is 20.3. The van der Waals surface area contributed by atoms with E-state index in [2.05, 4.69) is 9.97 Å². The van der Waals surface area contributed by atoms with Crippen molar-refractivity contribution in [3.8, 4) is 11.3 Å². The number of carbonyl (C=O) groups excluding carboxylic acids is 1. The van der Waals surface area contributed by atoms with E-state index >= 15 is 0 Å². The third-order valence-electron chi connectivity index (χ3n) is 6.53. The minimum absolute atomic E-state index is 0.0810. The van der Waals surface area contributed by atoms with E-state index in [-0.39, 0.29) is 17.3 Å². The minimum atomic E-state index is -3.90. The van der Waals surface area contributed by atoms with Gasteiger partial charge in [0, 0.05) is 56.5 Å². The zero-order chi connectivity index (χ0) is 25.3. The van der Waals surface area contributed by atoms with Crippen LogP contribution in [0.15, 0.2) is 76.5 Å². The molecule has 0 aliphatic carbocycles. The van der Waals surface area contributed by atoms with Gasteiger partial charge in [0.25, 0.3) is 10.0 Å². The average Bonchev–Trinajstić information content (AvgIpc) is 3.56. The lowest BCUT2D eigenvalue weighted by molar-refractivity contribution is -0.122. The zero-order valence-corrected chi connectivity index (χ0v) is 21.1. The molecule has 0 saturated carbocycles. The van der Waals surface area contributed by atoms with Gasteiger partial charge >= 0.3 is 0 Å². The summed E-state index contributed by atoms with van der Waals surface area (Å²) in [5, 5.41) is 0.606. The molecule has 1 aliphatic rings. The Labute approximate surface area is 210 Å². The summed E-state index contributed by atoms with van der Waals surface area (Å²) >= 11 is 0. The lowest BCUT2D eigenvalue weighted by Crippen LogP contribution is -2.40. The van der Waals surface area contributed by atoms with Crippen LogP contribution in [0.4, 0.5) is 5.82 Å². The van der Waals surface area contributed by atoms with Crippen LogP contribution in [0.3, 0.4) is 0 Å². The number of para-hydroxylation sites is 1. The third kappa shape index (κ3) is 4.76. The summed E-state index contributed by atoms with van der Waals surface area (Å²) in [5.41, 5.74) is 3.16. The van der Waals surface area contributed by atoms with E-state index in [0.29, 0.717) is 31.4 Å². The minimum Gasteiger partial charge on any atom is -0.443 e. The van der Waals surface area contributed by atoms with Crippen molar-refractivity contribution in [3.05, 3.63) is 72.6 Å². The summed E-state index contributed by atoms with van der Waals surface area (Å²) < 4.78 is 33.6. The predicted octanol–water partition coefficient (Wildman–Crippen LogP) is 4.31. The molecule has 4 aromatic rings. The molecule has 9 heteroatoms. The Morgan fingerprint density at radius 2 is 1.94 bits per heavy atom. The number of Topliss-reactive ketones (excluding diaryl/α,β-unsaturated/α-hetero) is 1. The van der Waals surface area contributed by atoms with Gasteiger partial charge in [-0.1, -0.05) is 18.2 Å². The van der Waals surface area contributed by atoms with Crippen LogP contribution in [0.1, 0.15) is 24.8 Å². The number of nitrogens with zero attached hydrogens (tertiary/aromatic N) is 4. The van der Waals surface area contributed by atoms with Gasteiger partial charge in [-0.3, -0.25) is 9.78 Å². The number of benzene rings is 1. The summed E-state index contributed by atoms with van der Waals surface area (Å²) in [7, 11) is -0.0331. The average molecular weight is 505 g/mol. The molecule has 0 radical (unpaired) electrons. The van der Waals surface area contributed by atoms with Crippen LogP contribution in [0.5, 0.6) is 0 Å².